The van der Waals surface area contributed by atoms with E-state index in [2.05, 4.69) is 30.6 Å². The van der Waals surface area contributed by atoms with Crippen molar-refractivity contribution in [1.29, 1.82) is 0 Å². The molecule has 0 spiro atoms. The van der Waals surface area contributed by atoms with E-state index in [0.29, 0.717) is 11.8 Å². The van der Waals surface area contributed by atoms with Crippen LogP contribution in [-0.4, -0.2) is 47.0 Å². The molecule has 1 atom stereocenters. The van der Waals surface area contributed by atoms with Gasteiger partial charge in [0.15, 0.2) is 17.5 Å². The second-order valence-electron chi connectivity index (χ2n) is 6.80. The Morgan fingerprint density at radius 2 is 1.83 bits per heavy atom. The minimum atomic E-state index is -0.407. The lowest BCUT2D eigenvalue weighted by atomic mass is 10.2. The van der Waals surface area contributed by atoms with Crippen molar-refractivity contribution in [3.8, 4) is 17.1 Å². The Bertz CT molecular complexity index is 1140. The summed E-state index contributed by atoms with van der Waals surface area (Å²) >= 11 is 0. The smallest absolute Gasteiger partial charge is 0.227 e. The molecule has 0 amide bonds. The van der Waals surface area contributed by atoms with Crippen LogP contribution in [0, 0.1) is 12.7 Å². The molecule has 3 heterocycles. The van der Waals surface area contributed by atoms with Gasteiger partial charge >= 0.3 is 0 Å². The highest BCUT2D eigenvalue weighted by Gasteiger charge is 2.23. The third-order valence-electron chi connectivity index (χ3n) is 4.81. The van der Waals surface area contributed by atoms with Crippen LogP contribution in [0.3, 0.4) is 0 Å². The fourth-order valence-electron chi connectivity index (χ4n) is 3.00. The molecule has 0 fully saturated rings. The van der Waals surface area contributed by atoms with Gasteiger partial charge in [-0.1, -0.05) is 6.07 Å². The predicted octanol–water partition coefficient (Wildman–Crippen LogP) is 2.50. The van der Waals surface area contributed by atoms with Crippen LogP contribution in [0.5, 0.6) is 0 Å². The van der Waals surface area contributed by atoms with Gasteiger partial charge in [0.1, 0.15) is 5.69 Å². The van der Waals surface area contributed by atoms with E-state index in [0.717, 1.165) is 17.0 Å². The monoisotopic (exact) mass is 393 g/mol. The Morgan fingerprint density at radius 3 is 2.59 bits per heavy atom. The predicted molar refractivity (Wildman–Crippen MR) is 105 cm³/mol. The lowest BCUT2D eigenvalue weighted by Gasteiger charge is -2.22. The molecule has 0 bridgehead atoms. The van der Waals surface area contributed by atoms with Crippen LogP contribution < -0.4 is 4.90 Å². The normalized spacial score (nSPS) is 12.2. The second kappa shape index (κ2) is 7.38. The lowest BCUT2D eigenvalue weighted by molar-refractivity contribution is 0.588. The van der Waals surface area contributed by atoms with E-state index in [4.69, 9.17) is 0 Å². The first-order chi connectivity index (χ1) is 14.0. The third-order valence-corrected chi connectivity index (χ3v) is 4.81. The van der Waals surface area contributed by atoms with Gasteiger partial charge < -0.3 is 4.90 Å². The Balaban J connectivity index is 1.61. The summed E-state index contributed by atoms with van der Waals surface area (Å²) in [5.41, 5.74) is 2.09. The zero-order valence-electron chi connectivity index (χ0n) is 16.5. The summed E-state index contributed by atoms with van der Waals surface area (Å²) in [5.74, 6) is 1.40. The molecule has 0 aliphatic heterocycles. The quantitative estimate of drug-likeness (QED) is 0.514. The van der Waals surface area contributed by atoms with Crippen molar-refractivity contribution in [1.82, 2.24) is 40.0 Å². The van der Waals surface area contributed by atoms with E-state index < -0.39 is 5.82 Å². The molecular weight excluding hydrogens is 373 g/mol. The van der Waals surface area contributed by atoms with E-state index in [-0.39, 0.29) is 11.7 Å². The standard InChI is InChI=1S/C19H20FN9/c1-12-5-6-15(20)16(11-12)29-25-17(22-26-29)13(2)27(3)19-24-23-18(28(19)4)14-7-9-21-10-8-14/h5-11,13H,1-4H3. The molecule has 4 aromatic rings. The first kappa shape index (κ1) is 18.7. The summed E-state index contributed by atoms with van der Waals surface area (Å²) in [5, 5.41) is 21.1. The van der Waals surface area contributed by atoms with Gasteiger partial charge in [0.2, 0.25) is 5.95 Å². The molecule has 3 aromatic heterocycles. The van der Waals surface area contributed by atoms with Crippen molar-refractivity contribution in [2.24, 2.45) is 7.05 Å². The number of aryl methyl sites for hydroxylation is 1. The molecular formula is C19H20FN9. The number of nitrogens with zero attached hydrogens (tertiary/aromatic N) is 9. The molecule has 1 aromatic carbocycles. The maximum Gasteiger partial charge on any atom is 0.227 e. The van der Waals surface area contributed by atoms with Gasteiger partial charge in [-0.25, -0.2) is 4.39 Å². The molecule has 0 saturated heterocycles. The molecule has 148 valence electrons. The van der Waals surface area contributed by atoms with E-state index in [1.54, 1.807) is 24.5 Å². The minimum absolute atomic E-state index is 0.259. The first-order valence-electron chi connectivity index (χ1n) is 9.04. The number of tetrazole rings is 1. The molecule has 10 heteroatoms. The summed E-state index contributed by atoms with van der Waals surface area (Å²) in [4.78, 5) is 7.13. The summed E-state index contributed by atoms with van der Waals surface area (Å²) < 4.78 is 16.0. The van der Waals surface area contributed by atoms with Crippen molar-refractivity contribution in [3.05, 3.63) is 59.9 Å². The summed E-state index contributed by atoms with van der Waals surface area (Å²) in [6, 6.07) is 8.26. The molecule has 4 rings (SSSR count). The molecule has 0 N–H and O–H groups in total. The first-order valence-corrected chi connectivity index (χ1v) is 9.04. The molecule has 0 aliphatic carbocycles. The van der Waals surface area contributed by atoms with Crippen molar-refractivity contribution in [3.63, 3.8) is 0 Å². The highest BCUT2D eigenvalue weighted by atomic mass is 19.1. The number of rotatable bonds is 5. The van der Waals surface area contributed by atoms with Crippen molar-refractivity contribution >= 4 is 5.95 Å². The summed E-state index contributed by atoms with van der Waals surface area (Å²) in [6.07, 6.45) is 3.42. The van der Waals surface area contributed by atoms with E-state index in [9.17, 15) is 4.39 Å². The number of benzene rings is 1. The molecule has 0 saturated carbocycles. The van der Waals surface area contributed by atoms with Crippen LogP contribution in [0.25, 0.3) is 17.1 Å². The van der Waals surface area contributed by atoms with Gasteiger partial charge in [0, 0.05) is 32.1 Å². The Labute approximate surface area is 166 Å². The van der Waals surface area contributed by atoms with Crippen LogP contribution in [0.15, 0.2) is 42.7 Å². The maximum absolute atomic E-state index is 14.1. The average Bonchev–Trinajstić information content (AvgIpc) is 3.36. The van der Waals surface area contributed by atoms with Crippen molar-refractivity contribution in [2.75, 3.05) is 11.9 Å². The fourth-order valence-corrected chi connectivity index (χ4v) is 3.00. The van der Waals surface area contributed by atoms with Crippen LogP contribution in [0.2, 0.25) is 0 Å². The number of anilines is 1. The van der Waals surface area contributed by atoms with Gasteiger partial charge in [0.25, 0.3) is 0 Å². The highest BCUT2D eigenvalue weighted by molar-refractivity contribution is 5.56. The summed E-state index contributed by atoms with van der Waals surface area (Å²) in [6.45, 7) is 3.81. The number of hydrogen-bond donors (Lipinski definition) is 0. The van der Waals surface area contributed by atoms with Crippen LogP contribution in [0.1, 0.15) is 24.4 Å². The molecule has 9 nitrogen and oxygen atoms in total. The SMILES string of the molecule is Cc1ccc(F)c(-n2nnc(C(C)N(C)c3nnc(-c4ccncc4)n3C)n2)c1. The number of hydrogen-bond acceptors (Lipinski definition) is 7. The molecule has 29 heavy (non-hydrogen) atoms. The largest absolute Gasteiger partial charge is 0.334 e. The average molecular weight is 393 g/mol. The van der Waals surface area contributed by atoms with Gasteiger partial charge in [-0.3, -0.25) is 9.55 Å². The number of pyridine rings is 1. The fraction of sp³-hybridized carbons (Fsp3) is 0.263. The van der Waals surface area contributed by atoms with E-state index in [1.807, 2.05) is 49.5 Å². The highest BCUT2D eigenvalue weighted by Crippen LogP contribution is 2.25. The maximum atomic E-state index is 14.1. The van der Waals surface area contributed by atoms with Crippen LogP contribution >= 0.6 is 0 Å². The van der Waals surface area contributed by atoms with E-state index in [1.165, 1.54) is 10.9 Å². The molecule has 1 unspecified atom stereocenters. The Kier molecular flexibility index (Phi) is 4.75. The van der Waals surface area contributed by atoms with Gasteiger partial charge in [0.05, 0.1) is 6.04 Å². The number of halogens is 1. The van der Waals surface area contributed by atoms with Crippen molar-refractivity contribution in [2.45, 2.75) is 19.9 Å². The second-order valence-corrected chi connectivity index (χ2v) is 6.80. The van der Waals surface area contributed by atoms with Crippen LogP contribution in [-0.2, 0) is 7.05 Å². The lowest BCUT2D eigenvalue weighted by Crippen LogP contribution is -2.25. The van der Waals surface area contributed by atoms with Gasteiger partial charge in [-0.2, -0.15) is 0 Å². The Morgan fingerprint density at radius 1 is 1.07 bits per heavy atom. The Hall–Kier alpha value is -3.69. The van der Waals surface area contributed by atoms with Crippen molar-refractivity contribution < 1.29 is 4.39 Å². The molecule has 0 aliphatic rings. The number of aromatic nitrogens is 8. The topological polar surface area (TPSA) is 90.4 Å². The summed E-state index contributed by atoms with van der Waals surface area (Å²) in [7, 11) is 3.76. The zero-order valence-corrected chi connectivity index (χ0v) is 16.5. The van der Waals surface area contributed by atoms with Gasteiger partial charge in [-0.15, -0.1) is 25.2 Å². The minimum Gasteiger partial charge on any atom is -0.334 e. The zero-order chi connectivity index (χ0) is 20.5. The van der Waals surface area contributed by atoms with Crippen LogP contribution in [0.4, 0.5) is 10.3 Å². The van der Waals surface area contributed by atoms with Gasteiger partial charge in [-0.05, 0) is 48.9 Å². The van der Waals surface area contributed by atoms with E-state index >= 15 is 0 Å². The molecule has 0 radical (unpaired) electrons. The third kappa shape index (κ3) is 3.44.